The Bertz CT molecular complexity index is 1350. The second-order valence-corrected chi connectivity index (χ2v) is 8.67. The third kappa shape index (κ3) is 5.25. The molecule has 0 fully saturated rings. The second kappa shape index (κ2) is 8.56. The number of alkyl halides is 3. The molecule has 178 valence electrons. The molecule has 11 heteroatoms. The number of nitrogens with one attached hydrogen (secondary N) is 1. The molecule has 3 heterocycles. The number of hydrogen-bond acceptors (Lipinski definition) is 5. The van der Waals surface area contributed by atoms with Crippen molar-refractivity contribution in [1.29, 1.82) is 0 Å². The first-order chi connectivity index (χ1) is 15.9. The van der Waals surface area contributed by atoms with Crippen LogP contribution in [0.25, 0.3) is 22.0 Å². The molecule has 1 amide bonds. The van der Waals surface area contributed by atoms with Gasteiger partial charge in [0.1, 0.15) is 11.4 Å². The highest BCUT2D eigenvalue weighted by Gasteiger charge is 2.33. The maximum atomic E-state index is 13.0. The molecular formula is C23H23F3N6O2. The molecule has 8 nitrogen and oxygen atoms in total. The normalized spacial score (nSPS) is 12.3. The third-order valence-corrected chi connectivity index (χ3v) is 5.18. The summed E-state index contributed by atoms with van der Waals surface area (Å²) < 4.78 is 42.4. The predicted molar refractivity (Wildman–Crippen MR) is 120 cm³/mol. The number of halogens is 3. The van der Waals surface area contributed by atoms with Crippen LogP contribution in [0.15, 0.2) is 48.9 Å². The fourth-order valence-corrected chi connectivity index (χ4v) is 3.43. The van der Waals surface area contributed by atoms with Gasteiger partial charge < -0.3 is 10.4 Å². The van der Waals surface area contributed by atoms with E-state index in [1.54, 1.807) is 61.0 Å². The zero-order valence-corrected chi connectivity index (χ0v) is 18.8. The van der Waals surface area contributed by atoms with Crippen molar-refractivity contribution in [1.82, 2.24) is 24.5 Å². The van der Waals surface area contributed by atoms with Crippen LogP contribution in [0.4, 0.5) is 18.9 Å². The van der Waals surface area contributed by atoms with Gasteiger partial charge >= 0.3 is 6.18 Å². The Morgan fingerprint density at radius 1 is 1.18 bits per heavy atom. The van der Waals surface area contributed by atoms with E-state index in [9.17, 15) is 23.1 Å². The van der Waals surface area contributed by atoms with Crippen LogP contribution in [0.3, 0.4) is 0 Å². The second-order valence-electron chi connectivity index (χ2n) is 8.67. The average Bonchev–Trinajstić information content (AvgIpc) is 3.36. The van der Waals surface area contributed by atoms with Gasteiger partial charge in [-0.3, -0.25) is 14.2 Å². The Hall–Kier alpha value is -3.73. The fourth-order valence-electron chi connectivity index (χ4n) is 3.43. The van der Waals surface area contributed by atoms with E-state index in [0.717, 1.165) is 17.5 Å². The summed E-state index contributed by atoms with van der Waals surface area (Å²) in [5.41, 5.74) is -0.00661. The molecule has 0 spiro atoms. The third-order valence-electron chi connectivity index (χ3n) is 5.18. The van der Waals surface area contributed by atoms with Crippen LogP contribution in [0, 0.1) is 0 Å². The monoisotopic (exact) mass is 472 g/mol. The van der Waals surface area contributed by atoms with Gasteiger partial charge in [0.15, 0.2) is 0 Å². The number of anilines is 1. The van der Waals surface area contributed by atoms with E-state index < -0.39 is 23.4 Å². The number of hydrogen-bond donors (Lipinski definition) is 2. The molecule has 1 aromatic carbocycles. The quantitative estimate of drug-likeness (QED) is 0.437. The average molecular weight is 472 g/mol. The van der Waals surface area contributed by atoms with Gasteiger partial charge in [-0.15, -0.1) is 0 Å². The lowest BCUT2D eigenvalue weighted by Crippen LogP contribution is -2.21. The first kappa shape index (κ1) is 23.4. The number of pyridine rings is 1. The van der Waals surface area contributed by atoms with Crippen molar-refractivity contribution in [2.24, 2.45) is 7.05 Å². The summed E-state index contributed by atoms with van der Waals surface area (Å²) in [5, 5.41) is 22.1. The molecule has 0 aliphatic rings. The van der Waals surface area contributed by atoms with E-state index in [2.05, 4.69) is 20.5 Å². The Morgan fingerprint density at radius 2 is 1.94 bits per heavy atom. The van der Waals surface area contributed by atoms with Crippen LogP contribution in [0.2, 0.25) is 0 Å². The van der Waals surface area contributed by atoms with Crippen LogP contribution in [-0.4, -0.2) is 41.2 Å². The molecule has 0 unspecified atom stereocenters. The van der Waals surface area contributed by atoms with E-state index in [0.29, 0.717) is 35.3 Å². The van der Waals surface area contributed by atoms with Crippen molar-refractivity contribution in [2.45, 2.75) is 38.6 Å². The lowest BCUT2D eigenvalue weighted by atomic mass is 10.0. The number of aromatic nitrogens is 5. The predicted octanol–water partition coefficient (Wildman–Crippen LogP) is 4.26. The Kier molecular flexibility index (Phi) is 5.90. The van der Waals surface area contributed by atoms with Crippen molar-refractivity contribution >= 4 is 22.5 Å². The summed E-state index contributed by atoms with van der Waals surface area (Å²) in [7, 11) is 1.75. The number of nitrogens with zero attached hydrogens (tertiary/aromatic N) is 5. The van der Waals surface area contributed by atoms with Gasteiger partial charge in [0.25, 0.3) is 5.91 Å². The molecule has 3 aromatic heterocycles. The molecule has 4 rings (SSSR count). The van der Waals surface area contributed by atoms with Gasteiger partial charge in [-0.05, 0) is 44.5 Å². The smallest absolute Gasteiger partial charge is 0.390 e. The zero-order valence-electron chi connectivity index (χ0n) is 18.8. The molecule has 2 N–H and O–H groups in total. The molecule has 0 saturated carbocycles. The number of rotatable bonds is 6. The van der Waals surface area contributed by atoms with E-state index in [-0.39, 0.29) is 5.69 Å². The van der Waals surface area contributed by atoms with E-state index in [1.807, 2.05) is 0 Å². The summed E-state index contributed by atoms with van der Waals surface area (Å²) in [6.07, 6.45) is 0.983. The zero-order chi connectivity index (χ0) is 24.7. The van der Waals surface area contributed by atoms with Gasteiger partial charge in [-0.2, -0.15) is 23.4 Å². The summed E-state index contributed by atoms with van der Waals surface area (Å²) in [6.45, 7) is 3.91. The highest BCUT2D eigenvalue weighted by atomic mass is 19.4. The number of amides is 1. The van der Waals surface area contributed by atoms with E-state index in [4.69, 9.17) is 0 Å². The van der Waals surface area contributed by atoms with Crippen molar-refractivity contribution in [3.05, 3.63) is 60.3 Å². The number of fused-ring (bicyclic) bond motifs is 1. The van der Waals surface area contributed by atoms with Gasteiger partial charge in [0.2, 0.25) is 0 Å². The van der Waals surface area contributed by atoms with Crippen molar-refractivity contribution in [2.75, 3.05) is 5.32 Å². The molecule has 0 aliphatic heterocycles. The van der Waals surface area contributed by atoms with Crippen molar-refractivity contribution in [3.8, 4) is 11.1 Å². The van der Waals surface area contributed by atoms with Crippen molar-refractivity contribution in [3.63, 3.8) is 0 Å². The van der Waals surface area contributed by atoms with Crippen LogP contribution in [-0.2, 0) is 19.8 Å². The maximum Gasteiger partial charge on any atom is 0.433 e. The molecular weight excluding hydrogens is 449 g/mol. The Balaban J connectivity index is 1.72. The largest absolute Gasteiger partial charge is 0.433 e. The van der Waals surface area contributed by atoms with Crippen LogP contribution in [0.1, 0.15) is 36.5 Å². The number of carbonyl (C=O) groups excluding carboxylic acids is 1. The number of aryl methyl sites for hydroxylation is 2. The first-order valence-electron chi connectivity index (χ1n) is 10.5. The standard InChI is InChI=1S/C23H23F3N6O2/c1-22(2,34)7-8-32-13-14-9-19(16(10-18(14)30-32)15-11-27-31(3)12-15)29-21(33)17-5-4-6-20(28-17)23(24,25)26/h4-6,9-13,34H,7-8H2,1-3H3,(H,29,33). The molecule has 0 radical (unpaired) electrons. The SMILES string of the molecule is Cn1cc(-c2cc3nn(CCC(C)(C)O)cc3cc2NC(=O)c2cccc(C(F)(F)F)n2)cn1. The molecule has 0 bridgehead atoms. The van der Waals surface area contributed by atoms with Gasteiger partial charge in [0.05, 0.1) is 17.3 Å². The van der Waals surface area contributed by atoms with E-state index in [1.165, 1.54) is 6.07 Å². The molecule has 0 atom stereocenters. The minimum Gasteiger partial charge on any atom is -0.390 e. The molecule has 0 aliphatic carbocycles. The summed E-state index contributed by atoms with van der Waals surface area (Å²) >= 11 is 0. The summed E-state index contributed by atoms with van der Waals surface area (Å²) in [5.74, 6) is -0.773. The lowest BCUT2D eigenvalue weighted by molar-refractivity contribution is -0.141. The summed E-state index contributed by atoms with van der Waals surface area (Å²) in [6, 6.07) is 6.66. The Labute approximate surface area is 193 Å². The van der Waals surface area contributed by atoms with Gasteiger partial charge in [-0.1, -0.05) is 6.07 Å². The highest BCUT2D eigenvalue weighted by Crippen LogP contribution is 2.33. The number of benzene rings is 1. The first-order valence-corrected chi connectivity index (χ1v) is 10.5. The maximum absolute atomic E-state index is 13.0. The van der Waals surface area contributed by atoms with Crippen LogP contribution < -0.4 is 5.32 Å². The van der Waals surface area contributed by atoms with Crippen molar-refractivity contribution < 1.29 is 23.1 Å². The molecule has 0 saturated heterocycles. The lowest BCUT2D eigenvalue weighted by Gasteiger charge is -2.16. The van der Waals surface area contributed by atoms with Crippen LogP contribution >= 0.6 is 0 Å². The molecule has 34 heavy (non-hydrogen) atoms. The highest BCUT2D eigenvalue weighted by molar-refractivity contribution is 6.07. The topological polar surface area (TPSA) is 97.9 Å². The van der Waals surface area contributed by atoms with Crippen LogP contribution in [0.5, 0.6) is 0 Å². The summed E-state index contributed by atoms with van der Waals surface area (Å²) in [4.78, 5) is 16.3. The minimum absolute atomic E-state index is 0.354. The number of carbonyl (C=O) groups is 1. The number of aliphatic hydroxyl groups is 1. The fraction of sp³-hybridized carbons (Fsp3) is 0.304. The van der Waals surface area contributed by atoms with Gasteiger partial charge in [0, 0.05) is 48.2 Å². The van der Waals surface area contributed by atoms with E-state index >= 15 is 0 Å². The molecule has 4 aromatic rings. The minimum atomic E-state index is -4.66. The Morgan fingerprint density at radius 3 is 2.59 bits per heavy atom. The van der Waals surface area contributed by atoms with Gasteiger partial charge in [-0.25, -0.2) is 4.98 Å².